The van der Waals surface area contributed by atoms with Crippen molar-refractivity contribution in [3.8, 4) is 12.8 Å². The smallest absolute Gasteiger partial charge is 0.0317 e. The fourth-order valence-electron chi connectivity index (χ4n) is 2.77. The van der Waals surface area contributed by atoms with Gasteiger partial charge in [-0.3, -0.25) is 0 Å². The molecule has 1 aromatic rings. The molecule has 0 fully saturated rings. The summed E-state index contributed by atoms with van der Waals surface area (Å²) in [6.45, 7) is 8.53. The van der Waals surface area contributed by atoms with Crippen LogP contribution in [0, 0.1) is 30.1 Å². The SMILES string of the molecule is C#C.CC=CC(C=CCC)C(CC=C(C)C)CC(=N)/C=C\c1ccccc1. The second kappa shape index (κ2) is 15.6. The molecular weight excluding hydrogens is 326 g/mol. The van der Waals surface area contributed by atoms with Crippen molar-refractivity contribution in [2.45, 2.75) is 47.0 Å². The Kier molecular flexibility index (Phi) is 14.1. The summed E-state index contributed by atoms with van der Waals surface area (Å²) in [4.78, 5) is 0. The van der Waals surface area contributed by atoms with Crippen LogP contribution in [0.2, 0.25) is 0 Å². The Morgan fingerprint density at radius 1 is 1.11 bits per heavy atom. The Labute approximate surface area is 167 Å². The summed E-state index contributed by atoms with van der Waals surface area (Å²) in [6, 6.07) is 10.2. The molecular formula is C26H35N. The number of hydrogen-bond acceptors (Lipinski definition) is 1. The molecule has 27 heavy (non-hydrogen) atoms. The van der Waals surface area contributed by atoms with Gasteiger partial charge in [-0.2, -0.15) is 0 Å². The molecule has 0 saturated heterocycles. The van der Waals surface area contributed by atoms with E-state index in [1.165, 1.54) is 5.57 Å². The van der Waals surface area contributed by atoms with Crippen LogP contribution in [0.25, 0.3) is 6.08 Å². The highest BCUT2D eigenvalue weighted by atomic mass is 14.4. The van der Waals surface area contributed by atoms with Crippen LogP contribution in [0.1, 0.15) is 52.5 Å². The van der Waals surface area contributed by atoms with E-state index < -0.39 is 0 Å². The lowest BCUT2D eigenvalue weighted by Gasteiger charge is -2.21. The molecule has 2 atom stereocenters. The van der Waals surface area contributed by atoms with Gasteiger partial charge in [-0.1, -0.05) is 79.3 Å². The van der Waals surface area contributed by atoms with Gasteiger partial charge in [-0.25, -0.2) is 0 Å². The van der Waals surface area contributed by atoms with Gasteiger partial charge in [-0.15, -0.1) is 12.8 Å². The number of rotatable bonds is 10. The summed E-state index contributed by atoms with van der Waals surface area (Å²) in [5.74, 6) is 0.799. The van der Waals surface area contributed by atoms with Crippen LogP contribution in [-0.4, -0.2) is 5.71 Å². The van der Waals surface area contributed by atoms with Gasteiger partial charge in [0.25, 0.3) is 0 Å². The van der Waals surface area contributed by atoms with E-state index in [1.54, 1.807) is 0 Å². The van der Waals surface area contributed by atoms with Crippen LogP contribution < -0.4 is 0 Å². The minimum atomic E-state index is 0.381. The minimum absolute atomic E-state index is 0.381. The molecule has 1 heteroatoms. The van der Waals surface area contributed by atoms with Crippen molar-refractivity contribution in [1.82, 2.24) is 0 Å². The van der Waals surface area contributed by atoms with Gasteiger partial charge in [0, 0.05) is 5.71 Å². The summed E-state index contributed by atoms with van der Waals surface area (Å²) in [6.07, 6.45) is 26.1. The highest BCUT2D eigenvalue weighted by molar-refractivity contribution is 5.96. The first-order valence-corrected chi connectivity index (χ1v) is 9.63. The first-order valence-electron chi connectivity index (χ1n) is 9.63. The molecule has 0 aliphatic carbocycles. The Hall–Kier alpha value is -2.59. The van der Waals surface area contributed by atoms with Crippen LogP contribution in [0.3, 0.4) is 0 Å². The number of hydrogen-bond donors (Lipinski definition) is 1. The van der Waals surface area contributed by atoms with E-state index in [4.69, 9.17) is 5.41 Å². The molecule has 2 unspecified atom stereocenters. The van der Waals surface area contributed by atoms with Crippen LogP contribution in [-0.2, 0) is 0 Å². The normalized spacial score (nSPS) is 13.3. The second-order valence-corrected chi connectivity index (χ2v) is 6.69. The average molecular weight is 362 g/mol. The third-order valence-corrected chi connectivity index (χ3v) is 4.14. The number of benzene rings is 1. The molecule has 1 aromatic carbocycles. The molecule has 0 amide bonds. The molecule has 0 spiro atoms. The average Bonchev–Trinajstić information content (AvgIpc) is 2.69. The minimum Gasteiger partial charge on any atom is -0.305 e. The molecule has 1 N–H and O–H groups in total. The predicted molar refractivity (Wildman–Crippen MR) is 123 cm³/mol. The second-order valence-electron chi connectivity index (χ2n) is 6.69. The third-order valence-electron chi connectivity index (χ3n) is 4.14. The third kappa shape index (κ3) is 11.6. The van der Waals surface area contributed by atoms with Gasteiger partial charge in [0.1, 0.15) is 0 Å². The molecule has 0 aliphatic rings. The summed E-state index contributed by atoms with van der Waals surface area (Å²) in [5.41, 5.74) is 3.18. The number of terminal acetylenes is 1. The van der Waals surface area contributed by atoms with Crippen molar-refractivity contribution in [1.29, 1.82) is 5.41 Å². The zero-order valence-corrected chi connectivity index (χ0v) is 17.4. The number of allylic oxidation sites excluding steroid dienone is 7. The summed E-state index contributed by atoms with van der Waals surface area (Å²) in [7, 11) is 0. The maximum Gasteiger partial charge on any atom is 0.0317 e. The van der Waals surface area contributed by atoms with Gasteiger partial charge in [0.15, 0.2) is 0 Å². The Morgan fingerprint density at radius 3 is 2.33 bits per heavy atom. The molecule has 1 rings (SSSR count). The largest absolute Gasteiger partial charge is 0.305 e. The van der Waals surface area contributed by atoms with E-state index in [2.05, 4.69) is 83.1 Å². The van der Waals surface area contributed by atoms with E-state index in [0.717, 1.165) is 24.8 Å². The zero-order chi connectivity index (χ0) is 20.5. The topological polar surface area (TPSA) is 23.9 Å². The quantitative estimate of drug-likeness (QED) is 0.253. The molecule has 0 saturated carbocycles. The number of nitrogens with one attached hydrogen (secondary N) is 1. The van der Waals surface area contributed by atoms with E-state index >= 15 is 0 Å². The van der Waals surface area contributed by atoms with Crippen molar-refractivity contribution < 1.29 is 0 Å². The Morgan fingerprint density at radius 2 is 1.78 bits per heavy atom. The maximum absolute atomic E-state index is 8.40. The maximum atomic E-state index is 8.40. The van der Waals surface area contributed by atoms with Gasteiger partial charge in [0.2, 0.25) is 0 Å². The van der Waals surface area contributed by atoms with Gasteiger partial charge in [-0.05, 0) is 63.5 Å². The lowest BCUT2D eigenvalue weighted by Crippen LogP contribution is -2.14. The first kappa shape index (κ1) is 24.4. The lowest BCUT2D eigenvalue weighted by molar-refractivity contribution is 0.474. The first-order chi connectivity index (χ1) is 13.1. The zero-order valence-electron chi connectivity index (χ0n) is 17.4. The van der Waals surface area contributed by atoms with Crippen molar-refractivity contribution in [3.05, 3.63) is 77.9 Å². The van der Waals surface area contributed by atoms with E-state index in [1.807, 2.05) is 30.4 Å². The Balaban J connectivity index is 0.00000326. The van der Waals surface area contributed by atoms with Crippen LogP contribution in [0.5, 0.6) is 0 Å². The Bertz CT molecular complexity index is 652. The van der Waals surface area contributed by atoms with Crippen LogP contribution in [0.15, 0.2) is 72.4 Å². The summed E-state index contributed by atoms with van der Waals surface area (Å²) in [5, 5.41) is 8.40. The van der Waals surface area contributed by atoms with Crippen LogP contribution in [0.4, 0.5) is 0 Å². The van der Waals surface area contributed by atoms with E-state index in [-0.39, 0.29) is 0 Å². The summed E-state index contributed by atoms with van der Waals surface area (Å²) >= 11 is 0. The molecule has 0 bridgehead atoms. The molecule has 144 valence electrons. The van der Waals surface area contributed by atoms with Crippen molar-refractivity contribution in [2.24, 2.45) is 11.8 Å². The highest BCUT2D eigenvalue weighted by Crippen LogP contribution is 2.25. The fourth-order valence-corrected chi connectivity index (χ4v) is 2.77. The highest BCUT2D eigenvalue weighted by Gasteiger charge is 2.17. The van der Waals surface area contributed by atoms with E-state index in [0.29, 0.717) is 17.5 Å². The van der Waals surface area contributed by atoms with E-state index in [9.17, 15) is 0 Å². The van der Waals surface area contributed by atoms with Crippen LogP contribution >= 0.6 is 0 Å². The standard InChI is InChI=1S/C24H33N.C2H2/c1-5-7-14-22(11-6-2)23(17-15-20(3)4)19-24(25)18-16-21-12-9-8-10-13-21;1-2/h6-16,18,22-23,25H,5,17,19H2,1-4H3;1-2H/b11-6?,14-7?,18-16-,25-24?;. The molecule has 0 aromatic heterocycles. The monoisotopic (exact) mass is 361 g/mol. The molecule has 0 heterocycles. The fraction of sp³-hybridized carbons (Fsp3) is 0.346. The van der Waals surface area contributed by atoms with Gasteiger partial charge >= 0.3 is 0 Å². The van der Waals surface area contributed by atoms with Crippen molar-refractivity contribution in [2.75, 3.05) is 0 Å². The predicted octanol–water partition coefficient (Wildman–Crippen LogP) is 7.49. The molecule has 0 radical (unpaired) electrons. The van der Waals surface area contributed by atoms with Gasteiger partial charge in [0.05, 0.1) is 0 Å². The molecule has 0 aliphatic heterocycles. The molecule has 1 nitrogen and oxygen atoms in total. The van der Waals surface area contributed by atoms with Crippen molar-refractivity contribution >= 4 is 11.8 Å². The lowest BCUT2D eigenvalue weighted by atomic mass is 9.83. The van der Waals surface area contributed by atoms with Crippen molar-refractivity contribution in [3.63, 3.8) is 0 Å². The van der Waals surface area contributed by atoms with Gasteiger partial charge < -0.3 is 5.41 Å². The summed E-state index contributed by atoms with van der Waals surface area (Å²) < 4.78 is 0.